The first kappa shape index (κ1) is 26.9. The first-order valence-corrected chi connectivity index (χ1v) is 13.4. The Morgan fingerprint density at radius 1 is 1.35 bits per heavy atom. The normalized spacial score (nSPS) is 19.3. The smallest absolute Gasteiger partial charge is 0.355 e. The second-order valence-corrected chi connectivity index (χ2v) is 10.7. The van der Waals surface area contributed by atoms with Crippen molar-refractivity contribution in [3.05, 3.63) is 51.9 Å². The summed E-state index contributed by atoms with van der Waals surface area (Å²) in [4.78, 5) is 49.7. The molecule has 4 rings (SSSR count). The van der Waals surface area contributed by atoms with Gasteiger partial charge in [-0.2, -0.15) is 0 Å². The lowest BCUT2D eigenvalue weighted by Crippen LogP contribution is -2.71. The summed E-state index contributed by atoms with van der Waals surface area (Å²) in [6.45, 7) is 0.967. The number of carbonyl (C=O) groups excluding carboxylic acids is 3. The highest BCUT2D eigenvalue weighted by molar-refractivity contribution is 8.00. The van der Waals surface area contributed by atoms with Gasteiger partial charge in [0.15, 0.2) is 29.8 Å². The molecule has 2 atom stereocenters. The lowest BCUT2D eigenvalue weighted by molar-refractivity contribution is -0.689. The van der Waals surface area contributed by atoms with Crippen molar-refractivity contribution in [2.45, 2.75) is 24.4 Å². The van der Waals surface area contributed by atoms with Gasteiger partial charge in [0.2, 0.25) is 0 Å². The van der Waals surface area contributed by atoms with E-state index in [9.17, 15) is 14.4 Å². The van der Waals surface area contributed by atoms with Crippen molar-refractivity contribution in [2.75, 3.05) is 31.7 Å². The van der Waals surface area contributed by atoms with E-state index < -0.39 is 29.2 Å². The Balaban J connectivity index is 1.55. The summed E-state index contributed by atoms with van der Waals surface area (Å²) >= 11 is 8.61. The molecule has 37 heavy (non-hydrogen) atoms. The number of carbonyl (C=O) groups is 3. The minimum Gasteiger partial charge on any atom is -0.464 e. The SMILES string of the molecule is COC(=O)C1=C(C[n+]2ccccc2)CSC2C(NC(=O)/C(=N\OCCCN)c3nc(N)sc3Cl)C(=O)N12. The first-order valence-electron chi connectivity index (χ1n) is 11.2. The van der Waals surface area contributed by atoms with Crippen molar-refractivity contribution < 1.29 is 28.5 Å². The highest BCUT2D eigenvalue weighted by Gasteiger charge is 2.55. The van der Waals surface area contributed by atoms with Crippen LogP contribution in [-0.2, 0) is 30.5 Å². The molecule has 0 saturated carbocycles. The molecule has 1 fully saturated rings. The quantitative estimate of drug-likeness (QED) is 0.0913. The summed E-state index contributed by atoms with van der Waals surface area (Å²) < 4.78 is 7.03. The summed E-state index contributed by atoms with van der Waals surface area (Å²) in [6, 6.07) is 4.72. The number of pyridine rings is 1. The van der Waals surface area contributed by atoms with Crippen LogP contribution in [0.1, 0.15) is 12.1 Å². The van der Waals surface area contributed by atoms with Crippen LogP contribution in [0.2, 0.25) is 4.34 Å². The predicted octanol–water partition coefficient (Wildman–Crippen LogP) is 0.263. The number of hydrogen-bond donors (Lipinski definition) is 3. The molecule has 2 aliphatic heterocycles. The number of oxime groups is 1. The maximum Gasteiger partial charge on any atom is 0.355 e. The third-order valence-corrected chi connectivity index (χ3v) is 7.92. The van der Waals surface area contributed by atoms with Crippen LogP contribution in [0.5, 0.6) is 0 Å². The number of nitrogens with one attached hydrogen (secondary N) is 1. The molecular formula is C22H25ClN7O5S2+. The molecule has 0 aliphatic carbocycles. The highest BCUT2D eigenvalue weighted by atomic mass is 35.5. The van der Waals surface area contributed by atoms with Crippen LogP contribution >= 0.6 is 34.7 Å². The van der Waals surface area contributed by atoms with Gasteiger partial charge in [-0.15, -0.1) is 11.8 Å². The van der Waals surface area contributed by atoms with Crippen molar-refractivity contribution in [3.63, 3.8) is 0 Å². The topological polar surface area (TPSA) is 166 Å². The number of nitrogens with two attached hydrogens (primary N) is 2. The van der Waals surface area contributed by atoms with Gasteiger partial charge in [-0.1, -0.05) is 34.2 Å². The van der Waals surface area contributed by atoms with Gasteiger partial charge in [-0.25, -0.2) is 14.3 Å². The van der Waals surface area contributed by atoms with E-state index in [1.54, 1.807) is 0 Å². The van der Waals surface area contributed by atoms with Crippen LogP contribution in [0.15, 0.2) is 47.0 Å². The number of esters is 1. The van der Waals surface area contributed by atoms with Crippen molar-refractivity contribution >= 4 is 63.3 Å². The molecule has 0 spiro atoms. The molecule has 2 amide bonds. The Bertz CT molecular complexity index is 1250. The second-order valence-electron chi connectivity index (χ2n) is 7.94. The number of ether oxygens (including phenoxy) is 1. The van der Waals surface area contributed by atoms with Crippen LogP contribution in [0.4, 0.5) is 5.13 Å². The minimum atomic E-state index is -0.910. The summed E-state index contributed by atoms with van der Waals surface area (Å²) in [5.41, 5.74) is 12.0. The maximum absolute atomic E-state index is 13.2. The number of nitrogen functional groups attached to an aromatic ring is 1. The van der Waals surface area contributed by atoms with E-state index in [4.69, 9.17) is 32.6 Å². The summed E-state index contributed by atoms with van der Waals surface area (Å²) in [5.74, 6) is -1.32. The average molecular weight is 567 g/mol. The van der Waals surface area contributed by atoms with Gasteiger partial charge in [-0.3, -0.25) is 14.5 Å². The lowest BCUT2D eigenvalue weighted by Gasteiger charge is -2.49. The summed E-state index contributed by atoms with van der Waals surface area (Å²) in [5, 5.41) is 6.22. The largest absolute Gasteiger partial charge is 0.464 e. The monoisotopic (exact) mass is 566 g/mol. The lowest BCUT2D eigenvalue weighted by atomic mass is 10.0. The Labute approximate surface area is 225 Å². The number of methoxy groups -OCH3 is 1. The molecule has 196 valence electrons. The molecule has 2 aliphatic rings. The Morgan fingerprint density at radius 2 is 2.11 bits per heavy atom. The van der Waals surface area contributed by atoms with Crippen molar-refractivity contribution in [1.82, 2.24) is 15.2 Å². The van der Waals surface area contributed by atoms with Crippen molar-refractivity contribution in [3.8, 4) is 0 Å². The zero-order valence-corrected chi connectivity index (χ0v) is 22.1. The fraction of sp³-hybridized carbons (Fsp3) is 0.364. The average Bonchev–Trinajstić information content (AvgIpc) is 3.24. The van der Waals surface area contributed by atoms with E-state index in [0.717, 1.165) is 16.9 Å². The van der Waals surface area contributed by atoms with E-state index in [1.807, 2.05) is 35.2 Å². The number of nitrogens with zero attached hydrogens (tertiary/aromatic N) is 4. The number of β-lactam (4-membered cyclic amide) rings is 1. The molecule has 1 saturated heterocycles. The number of amides is 2. The summed E-state index contributed by atoms with van der Waals surface area (Å²) in [6.07, 6.45) is 4.26. The van der Waals surface area contributed by atoms with Gasteiger partial charge in [0.25, 0.3) is 11.8 Å². The van der Waals surface area contributed by atoms with Gasteiger partial charge < -0.3 is 26.4 Å². The Morgan fingerprint density at radius 3 is 2.76 bits per heavy atom. The van der Waals surface area contributed by atoms with Gasteiger partial charge >= 0.3 is 5.97 Å². The number of aromatic nitrogens is 2. The molecule has 12 nitrogen and oxygen atoms in total. The van der Waals surface area contributed by atoms with E-state index >= 15 is 0 Å². The zero-order chi connectivity index (χ0) is 26.5. The molecule has 2 unspecified atom stereocenters. The predicted molar refractivity (Wildman–Crippen MR) is 138 cm³/mol. The number of hydrogen-bond acceptors (Lipinski definition) is 11. The highest BCUT2D eigenvalue weighted by Crippen LogP contribution is 2.40. The molecular weight excluding hydrogens is 542 g/mol. The zero-order valence-electron chi connectivity index (χ0n) is 19.8. The number of thiazole rings is 1. The van der Waals surface area contributed by atoms with E-state index in [-0.39, 0.29) is 33.2 Å². The second kappa shape index (κ2) is 11.9. The number of halogens is 1. The third kappa shape index (κ3) is 5.71. The molecule has 0 aromatic carbocycles. The number of thioether (sulfide) groups is 1. The van der Waals surface area contributed by atoms with Crippen LogP contribution in [0.3, 0.4) is 0 Å². The van der Waals surface area contributed by atoms with Gasteiger partial charge in [0.1, 0.15) is 33.7 Å². The van der Waals surface area contributed by atoms with E-state index in [1.165, 1.54) is 23.8 Å². The summed E-state index contributed by atoms with van der Waals surface area (Å²) in [7, 11) is 1.26. The number of rotatable bonds is 10. The van der Waals surface area contributed by atoms with E-state index in [2.05, 4.69) is 15.5 Å². The molecule has 2 aromatic heterocycles. The van der Waals surface area contributed by atoms with Crippen LogP contribution in [0, 0.1) is 0 Å². The molecule has 5 N–H and O–H groups in total. The van der Waals surface area contributed by atoms with Crippen molar-refractivity contribution in [2.24, 2.45) is 10.9 Å². The fourth-order valence-corrected chi connectivity index (χ4v) is 6.04. The molecule has 0 bridgehead atoms. The third-order valence-electron chi connectivity index (χ3n) is 5.50. The molecule has 2 aromatic rings. The van der Waals surface area contributed by atoms with Crippen LogP contribution in [-0.4, -0.2) is 70.8 Å². The van der Waals surface area contributed by atoms with Crippen LogP contribution in [0.25, 0.3) is 0 Å². The molecule has 4 heterocycles. The van der Waals surface area contributed by atoms with Gasteiger partial charge in [-0.05, 0) is 13.0 Å². The van der Waals surface area contributed by atoms with Crippen LogP contribution < -0.4 is 21.4 Å². The Kier molecular flexibility index (Phi) is 8.63. The number of fused-ring (bicyclic) bond motifs is 1. The molecule has 0 radical (unpaired) electrons. The Hall–Kier alpha value is -3.20. The standard InChI is InChI=1S/C22H24ClN7O5S2/c1-34-21(33)16-12(10-29-7-3-2-4-8-29)11-36-20-15(19(32)30(16)20)26-18(31)14(28-35-9-5-6-24)13-17(23)37-22(25)27-13/h2-4,7-8,15,20H,5-6,9-11,24H2,1H3,(H2-,25,26,27,31)/p+1/b28-14-. The fourth-order valence-electron chi connectivity index (χ4n) is 3.77. The van der Waals surface area contributed by atoms with E-state index in [0.29, 0.717) is 25.3 Å². The first-order chi connectivity index (χ1) is 17.8. The minimum absolute atomic E-state index is 0.0478. The number of anilines is 1. The van der Waals surface area contributed by atoms with Gasteiger partial charge in [0.05, 0.1) is 7.11 Å². The molecule has 15 heteroatoms. The van der Waals surface area contributed by atoms with Gasteiger partial charge in [0, 0.05) is 23.5 Å². The maximum atomic E-state index is 13.2. The van der Waals surface area contributed by atoms with Crippen molar-refractivity contribution in [1.29, 1.82) is 0 Å².